The van der Waals surface area contributed by atoms with Crippen LogP contribution in [0, 0.1) is 24.4 Å². The lowest BCUT2D eigenvalue weighted by atomic mass is 10.1. The Labute approximate surface area is 190 Å². The molecule has 33 heavy (non-hydrogen) atoms. The van der Waals surface area contributed by atoms with Crippen molar-refractivity contribution >= 4 is 23.2 Å². The van der Waals surface area contributed by atoms with Crippen LogP contribution in [0.25, 0.3) is 0 Å². The number of benzene rings is 2. The highest BCUT2D eigenvalue weighted by atomic mass is 19.1. The van der Waals surface area contributed by atoms with E-state index < -0.39 is 17.5 Å². The minimum absolute atomic E-state index is 0.160. The molecule has 1 aromatic heterocycles. The van der Waals surface area contributed by atoms with E-state index in [4.69, 9.17) is 4.98 Å². The van der Waals surface area contributed by atoms with Crippen LogP contribution < -0.4 is 15.5 Å². The van der Waals surface area contributed by atoms with Gasteiger partial charge in [-0.2, -0.15) is 0 Å². The predicted octanol–water partition coefficient (Wildman–Crippen LogP) is 5.20. The van der Waals surface area contributed by atoms with Crippen LogP contribution in [0.1, 0.15) is 29.5 Å². The fraction of sp³-hybridized carbons (Fsp3) is 0.280. The number of anilines is 3. The molecule has 2 heterocycles. The number of rotatable bonds is 7. The van der Waals surface area contributed by atoms with Crippen molar-refractivity contribution < 1.29 is 18.0 Å². The second-order valence-corrected chi connectivity index (χ2v) is 8.19. The molecule has 0 saturated carbocycles. The fourth-order valence-electron chi connectivity index (χ4n) is 3.92. The summed E-state index contributed by atoms with van der Waals surface area (Å²) in [5, 5.41) is 6.05. The van der Waals surface area contributed by atoms with Gasteiger partial charge in [-0.1, -0.05) is 6.07 Å². The minimum atomic E-state index is -0.721. The van der Waals surface area contributed by atoms with Crippen LogP contribution in [-0.4, -0.2) is 24.0 Å². The Morgan fingerprint density at radius 1 is 0.970 bits per heavy atom. The van der Waals surface area contributed by atoms with Crippen molar-refractivity contribution in [1.29, 1.82) is 0 Å². The van der Waals surface area contributed by atoms with E-state index in [1.807, 2.05) is 6.92 Å². The molecular formula is C25H25F3N4O. The summed E-state index contributed by atoms with van der Waals surface area (Å²) in [5.41, 5.74) is 2.59. The molecule has 8 heteroatoms. The SMILES string of the molecule is Cc1ccc(F)cc1CNc1ccc(NC(=O)Cc2cc(F)cc(F)c2)c(N2CCCC2)n1. The van der Waals surface area contributed by atoms with Crippen molar-refractivity contribution in [1.82, 2.24) is 4.98 Å². The number of amides is 1. The number of aromatic nitrogens is 1. The summed E-state index contributed by atoms with van der Waals surface area (Å²) < 4.78 is 40.5. The largest absolute Gasteiger partial charge is 0.366 e. The number of hydrogen-bond donors (Lipinski definition) is 2. The first-order valence-corrected chi connectivity index (χ1v) is 10.9. The molecule has 0 atom stereocenters. The summed E-state index contributed by atoms with van der Waals surface area (Å²) in [7, 11) is 0. The van der Waals surface area contributed by atoms with Crippen molar-refractivity contribution in [3.63, 3.8) is 0 Å². The van der Waals surface area contributed by atoms with Gasteiger partial charge in [0.15, 0.2) is 5.82 Å². The van der Waals surface area contributed by atoms with Crippen LogP contribution in [0.3, 0.4) is 0 Å². The van der Waals surface area contributed by atoms with Crippen LogP contribution >= 0.6 is 0 Å². The highest BCUT2D eigenvalue weighted by Gasteiger charge is 2.19. The zero-order valence-electron chi connectivity index (χ0n) is 18.3. The quantitative estimate of drug-likeness (QED) is 0.515. The second kappa shape index (κ2) is 9.94. The third-order valence-electron chi connectivity index (χ3n) is 5.61. The summed E-state index contributed by atoms with van der Waals surface area (Å²) >= 11 is 0. The highest BCUT2D eigenvalue weighted by Crippen LogP contribution is 2.29. The number of carbonyl (C=O) groups is 1. The first kappa shape index (κ1) is 22.6. The van der Waals surface area contributed by atoms with Crippen molar-refractivity contribution in [2.75, 3.05) is 28.6 Å². The molecule has 4 rings (SSSR count). The topological polar surface area (TPSA) is 57.3 Å². The van der Waals surface area contributed by atoms with Crippen LogP contribution in [0.4, 0.5) is 30.5 Å². The Morgan fingerprint density at radius 3 is 2.42 bits per heavy atom. The molecule has 1 aliphatic rings. The lowest BCUT2D eigenvalue weighted by molar-refractivity contribution is -0.115. The van der Waals surface area contributed by atoms with E-state index >= 15 is 0 Å². The average Bonchev–Trinajstić information content (AvgIpc) is 3.29. The van der Waals surface area contributed by atoms with Crippen molar-refractivity contribution in [3.05, 3.63) is 82.7 Å². The summed E-state index contributed by atoms with van der Waals surface area (Å²) in [5.74, 6) is -0.891. The highest BCUT2D eigenvalue weighted by molar-refractivity contribution is 5.95. The summed E-state index contributed by atoms with van der Waals surface area (Å²) in [4.78, 5) is 19.4. The smallest absolute Gasteiger partial charge is 0.228 e. The fourth-order valence-corrected chi connectivity index (χ4v) is 3.92. The van der Waals surface area contributed by atoms with E-state index in [1.54, 1.807) is 18.2 Å². The van der Waals surface area contributed by atoms with Crippen LogP contribution in [0.5, 0.6) is 0 Å². The second-order valence-electron chi connectivity index (χ2n) is 8.19. The average molecular weight is 454 g/mol. The van der Waals surface area contributed by atoms with Crippen LogP contribution in [0.15, 0.2) is 48.5 Å². The predicted molar refractivity (Wildman–Crippen MR) is 123 cm³/mol. The van der Waals surface area contributed by atoms with Gasteiger partial charge < -0.3 is 15.5 Å². The van der Waals surface area contributed by atoms with Crippen LogP contribution in [-0.2, 0) is 17.8 Å². The molecule has 2 N–H and O–H groups in total. The number of nitrogens with zero attached hydrogens (tertiary/aromatic N) is 2. The monoisotopic (exact) mass is 454 g/mol. The van der Waals surface area contributed by atoms with E-state index in [-0.39, 0.29) is 17.8 Å². The molecule has 1 amide bonds. The summed E-state index contributed by atoms with van der Waals surface area (Å²) in [6.07, 6.45) is 1.89. The van der Waals surface area contributed by atoms with Gasteiger partial charge in [0.05, 0.1) is 12.1 Å². The van der Waals surface area contributed by atoms with E-state index in [0.717, 1.165) is 55.3 Å². The molecule has 0 unspecified atom stereocenters. The van der Waals surface area contributed by atoms with Gasteiger partial charge in [0.25, 0.3) is 0 Å². The Hall–Kier alpha value is -3.55. The minimum Gasteiger partial charge on any atom is -0.366 e. The summed E-state index contributed by atoms with van der Waals surface area (Å²) in [6, 6.07) is 11.2. The van der Waals surface area contributed by atoms with Gasteiger partial charge >= 0.3 is 0 Å². The Kier molecular flexibility index (Phi) is 6.82. The van der Waals surface area contributed by atoms with Gasteiger partial charge in [0.2, 0.25) is 5.91 Å². The Morgan fingerprint density at radius 2 is 1.70 bits per heavy atom. The van der Waals surface area contributed by atoms with E-state index in [9.17, 15) is 18.0 Å². The standard InChI is InChI=1S/C25H25F3N4O/c1-16-4-5-19(26)13-18(16)15-29-23-7-6-22(25(31-23)32-8-2-3-9-32)30-24(33)12-17-10-20(27)14-21(28)11-17/h4-7,10-11,13-14H,2-3,8-9,12,15H2,1H3,(H,29,31)(H,30,33). The van der Waals surface area contributed by atoms with E-state index in [0.29, 0.717) is 23.9 Å². The first-order chi connectivity index (χ1) is 15.9. The Bertz CT molecular complexity index is 1140. The number of pyridine rings is 1. The third-order valence-corrected chi connectivity index (χ3v) is 5.61. The Balaban J connectivity index is 1.51. The normalized spacial score (nSPS) is 13.3. The van der Waals surface area contributed by atoms with Gasteiger partial charge in [-0.25, -0.2) is 18.2 Å². The molecule has 1 saturated heterocycles. The third kappa shape index (κ3) is 5.83. The maximum absolute atomic E-state index is 13.6. The molecule has 3 aromatic rings. The molecule has 172 valence electrons. The molecule has 0 bridgehead atoms. The van der Waals surface area contributed by atoms with Crippen LogP contribution in [0.2, 0.25) is 0 Å². The van der Waals surface area contributed by atoms with Gasteiger partial charge in [-0.15, -0.1) is 0 Å². The van der Waals surface area contributed by atoms with Gasteiger partial charge in [0.1, 0.15) is 23.3 Å². The van der Waals surface area contributed by atoms with Gasteiger partial charge in [-0.05, 0) is 72.9 Å². The molecule has 1 fully saturated rings. The number of aryl methyl sites for hydroxylation is 1. The maximum Gasteiger partial charge on any atom is 0.228 e. The van der Waals surface area contributed by atoms with Gasteiger partial charge in [-0.3, -0.25) is 4.79 Å². The van der Waals surface area contributed by atoms with Crippen molar-refractivity contribution in [2.24, 2.45) is 0 Å². The zero-order chi connectivity index (χ0) is 23.4. The van der Waals surface area contributed by atoms with Gasteiger partial charge in [0, 0.05) is 25.7 Å². The molecule has 0 spiro atoms. The van der Waals surface area contributed by atoms with E-state index in [1.165, 1.54) is 12.1 Å². The van der Waals surface area contributed by atoms with Crippen molar-refractivity contribution in [3.8, 4) is 0 Å². The number of nitrogens with one attached hydrogen (secondary N) is 2. The number of hydrogen-bond acceptors (Lipinski definition) is 4. The zero-order valence-corrected chi connectivity index (χ0v) is 18.3. The maximum atomic E-state index is 13.6. The van der Waals surface area contributed by atoms with E-state index in [2.05, 4.69) is 15.5 Å². The molecule has 5 nitrogen and oxygen atoms in total. The summed E-state index contributed by atoms with van der Waals surface area (Å²) in [6.45, 7) is 3.96. The number of carbonyl (C=O) groups excluding carboxylic acids is 1. The number of halogens is 3. The lowest BCUT2D eigenvalue weighted by Crippen LogP contribution is -2.23. The molecule has 0 aliphatic carbocycles. The molecule has 2 aromatic carbocycles. The molecule has 0 radical (unpaired) electrons. The lowest BCUT2D eigenvalue weighted by Gasteiger charge is -2.21. The molecule has 1 aliphatic heterocycles. The van der Waals surface area contributed by atoms with Crippen molar-refractivity contribution in [2.45, 2.75) is 32.7 Å². The molecular weight excluding hydrogens is 429 g/mol. The first-order valence-electron chi connectivity index (χ1n) is 10.9.